The Bertz CT molecular complexity index is 769. The Kier molecular flexibility index (Phi) is 4.54. The van der Waals surface area contributed by atoms with Gasteiger partial charge in [0.2, 0.25) is 5.91 Å². The molecule has 1 amide bonds. The van der Waals surface area contributed by atoms with Crippen LogP contribution in [0, 0.1) is 5.92 Å². The fourth-order valence-corrected chi connectivity index (χ4v) is 4.95. The van der Waals surface area contributed by atoms with Crippen LogP contribution in [0.25, 0.3) is 10.2 Å². The van der Waals surface area contributed by atoms with E-state index in [0.717, 1.165) is 60.0 Å². The van der Waals surface area contributed by atoms with Crippen molar-refractivity contribution in [2.45, 2.75) is 38.6 Å². The fourth-order valence-electron chi connectivity index (χ4n) is 3.95. The number of amides is 1. The number of hydrogen-bond donors (Lipinski definition) is 0. The fraction of sp³-hybridized carbons (Fsp3) is 0.579. The van der Waals surface area contributed by atoms with Gasteiger partial charge >= 0.3 is 0 Å². The van der Waals surface area contributed by atoms with Crippen LogP contribution in [0.3, 0.4) is 0 Å². The van der Waals surface area contributed by atoms with Crippen molar-refractivity contribution in [2.24, 2.45) is 5.92 Å². The zero-order valence-electron chi connectivity index (χ0n) is 14.9. The largest absolute Gasteiger partial charge is 0.494 e. The molecule has 0 radical (unpaired) electrons. The third-order valence-corrected chi connectivity index (χ3v) is 6.55. The molecule has 3 heterocycles. The van der Waals surface area contributed by atoms with Gasteiger partial charge in [-0.25, -0.2) is 4.98 Å². The highest BCUT2D eigenvalue weighted by Gasteiger charge is 2.39. The molecule has 25 heavy (non-hydrogen) atoms. The molecule has 2 fully saturated rings. The van der Waals surface area contributed by atoms with Crippen LogP contribution in [0.4, 0.5) is 5.13 Å². The van der Waals surface area contributed by atoms with Crippen LogP contribution in [-0.2, 0) is 4.79 Å². The summed E-state index contributed by atoms with van der Waals surface area (Å²) in [4.78, 5) is 22.0. The summed E-state index contributed by atoms with van der Waals surface area (Å²) < 4.78 is 6.53. The van der Waals surface area contributed by atoms with Crippen molar-refractivity contribution < 1.29 is 9.53 Å². The molecule has 1 atom stereocenters. The van der Waals surface area contributed by atoms with Gasteiger partial charge in [0.05, 0.1) is 17.7 Å². The zero-order valence-corrected chi connectivity index (χ0v) is 15.7. The van der Waals surface area contributed by atoms with Gasteiger partial charge in [-0.2, -0.15) is 0 Å². The van der Waals surface area contributed by atoms with Crippen molar-refractivity contribution in [3.8, 4) is 5.75 Å². The Morgan fingerprint density at radius 3 is 2.96 bits per heavy atom. The minimum Gasteiger partial charge on any atom is -0.494 e. The number of piperidine rings is 1. The van der Waals surface area contributed by atoms with Gasteiger partial charge in [0.15, 0.2) is 5.13 Å². The number of carbonyl (C=O) groups is 1. The maximum Gasteiger partial charge on any atom is 0.229 e. The molecule has 1 aromatic heterocycles. The minimum atomic E-state index is 0.126. The smallest absolute Gasteiger partial charge is 0.229 e. The Hall–Kier alpha value is -1.82. The summed E-state index contributed by atoms with van der Waals surface area (Å²) in [6.45, 7) is 4.70. The quantitative estimate of drug-likeness (QED) is 0.838. The highest BCUT2D eigenvalue weighted by Crippen LogP contribution is 2.37. The van der Waals surface area contributed by atoms with Crippen LogP contribution in [0.1, 0.15) is 32.6 Å². The molecular weight excluding hydrogens is 334 g/mol. The third kappa shape index (κ3) is 2.97. The molecule has 0 bridgehead atoms. The van der Waals surface area contributed by atoms with E-state index in [4.69, 9.17) is 9.72 Å². The summed E-state index contributed by atoms with van der Waals surface area (Å²) in [5, 5.41) is 0.995. The van der Waals surface area contributed by atoms with E-state index in [1.54, 1.807) is 18.4 Å². The first-order chi connectivity index (χ1) is 12.2. The molecule has 2 aromatic rings. The molecular formula is C19H25N3O2S. The first kappa shape index (κ1) is 16.6. The van der Waals surface area contributed by atoms with E-state index in [1.807, 2.05) is 12.1 Å². The summed E-state index contributed by atoms with van der Waals surface area (Å²) in [6.07, 6.45) is 4.64. The molecule has 0 aliphatic carbocycles. The number of thiazole rings is 1. The third-order valence-electron chi connectivity index (χ3n) is 5.47. The van der Waals surface area contributed by atoms with Gasteiger partial charge in [-0.1, -0.05) is 24.3 Å². The van der Waals surface area contributed by atoms with Crippen molar-refractivity contribution in [3.05, 3.63) is 18.2 Å². The number of anilines is 1. The standard InChI is InChI=1S/C19H25N3O2S/c1-3-14-7-4-5-10-22(14)18(23)13-11-21(12-13)19-20-17-15(24-2)8-6-9-16(17)25-19/h6,8-9,13-14H,3-5,7,10-12H2,1-2H3. The second kappa shape index (κ2) is 6.83. The average Bonchev–Trinajstić information content (AvgIpc) is 3.03. The molecule has 2 aliphatic heterocycles. The van der Waals surface area contributed by atoms with E-state index in [9.17, 15) is 4.79 Å². The zero-order chi connectivity index (χ0) is 17.4. The molecule has 1 aromatic carbocycles. The monoisotopic (exact) mass is 359 g/mol. The number of para-hydroxylation sites is 1. The number of ether oxygens (including phenoxy) is 1. The van der Waals surface area contributed by atoms with Crippen LogP contribution in [-0.4, -0.2) is 48.6 Å². The van der Waals surface area contributed by atoms with Crippen molar-refractivity contribution in [3.63, 3.8) is 0 Å². The highest BCUT2D eigenvalue weighted by molar-refractivity contribution is 7.22. The van der Waals surface area contributed by atoms with Gasteiger partial charge in [0.1, 0.15) is 11.3 Å². The lowest BCUT2D eigenvalue weighted by atomic mass is 9.94. The van der Waals surface area contributed by atoms with Crippen LogP contribution in [0.5, 0.6) is 5.75 Å². The first-order valence-corrected chi connectivity index (χ1v) is 10.0. The van der Waals surface area contributed by atoms with E-state index < -0.39 is 0 Å². The molecule has 5 nitrogen and oxygen atoms in total. The van der Waals surface area contributed by atoms with E-state index in [0.29, 0.717) is 11.9 Å². The van der Waals surface area contributed by atoms with Crippen molar-refractivity contribution in [1.29, 1.82) is 0 Å². The van der Waals surface area contributed by atoms with E-state index in [2.05, 4.69) is 22.8 Å². The maximum absolute atomic E-state index is 12.9. The highest BCUT2D eigenvalue weighted by atomic mass is 32.1. The van der Waals surface area contributed by atoms with Gasteiger partial charge < -0.3 is 14.5 Å². The minimum absolute atomic E-state index is 0.126. The lowest BCUT2D eigenvalue weighted by molar-refractivity contribution is -0.140. The van der Waals surface area contributed by atoms with Gasteiger partial charge in [-0.05, 0) is 37.8 Å². The predicted molar refractivity (Wildman–Crippen MR) is 102 cm³/mol. The average molecular weight is 359 g/mol. The Balaban J connectivity index is 1.44. The van der Waals surface area contributed by atoms with Crippen LogP contribution >= 0.6 is 11.3 Å². The number of benzene rings is 1. The Labute approximate surface area is 152 Å². The lowest BCUT2D eigenvalue weighted by Crippen LogP contribution is -2.57. The second-order valence-corrected chi connectivity index (χ2v) is 8.00. The van der Waals surface area contributed by atoms with Gasteiger partial charge in [0.25, 0.3) is 0 Å². The van der Waals surface area contributed by atoms with Crippen molar-refractivity contribution in [1.82, 2.24) is 9.88 Å². The molecule has 2 saturated heterocycles. The molecule has 0 N–H and O–H groups in total. The second-order valence-electron chi connectivity index (χ2n) is 6.99. The molecule has 1 unspecified atom stereocenters. The number of hydrogen-bond acceptors (Lipinski definition) is 5. The molecule has 2 aliphatic rings. The molecule has 134 valence electrons. The molecule has 6 heteroatoms. The number of fused-ring (bicyclic) bond motifs is 1. The van der Waals surface area contributed by atoms with E-state index in [1.165, 1.54) is 6.42 Å². The van der Waals surface area contributed by atoms with E-state index in [-0.39, 0.29) is 5.92 Å². The molecule has 0 saturated carbocycles. The molecule has 0 spiro atoms. The van der Waals surface area contributed by atoms with E-state index >= 15 is 0 Å². The summed E-state index contributed by atoms with van der Waals surface area (Å²) in [7, 11) is 1.68. The molecule has 4 rings (SSSR count). The summed E-state index contributed by atoms with van der Waals surface area (Å²) in [6, 6.07) is 6.45. The van der Waals surface area contributed by atoms with Crippen molar-refractivity contribution in [2.75, 3.05) is 31.6 Å². The number of carbonyl (C=O) groups excluding carboxylic acids is 1. The predicted octanol–water partition coefficient (Wildman–Crippen LogP) is 3.53. The Morgan fingerprint density at radius 2 is 2.20 bits per heavy atom. The topological polar surface area (TPSA) is 45.7 Å². The lowest BCUT2D eigenvalue weighted by Gasteiger charge is -2.43. The normalized spacial score (nSPS) is 21.4. The van der Waals surface area contributed by atoms with Crippen LogP contribution < -0.4 is 9.64 Å². The Morgan fingerprint density at radius 1 is 1.36 bits per heavy atom. The maximum atomic E-state index is 12.9. The number of aromatic nitrogens is 1. The van der Waals surface area contributed by atoms with Crippen molar-refractivity contribution >= 4 is 32.6 Å². The summed E-state index contributed by atoms with van der Waals surface area (Å²) >= 11 is 1.68. The summed E-state index contributed by atoms with van der Waals surface area (Å²) in [5.41, 5.74) is 0.918. The number of methoxy groups -OCH3 is 1. The SMILES string of the molecule is CCC1CCCCN1C(=O)C1CN(c2nc3c(OC)cccc3s2)C1. The van der Waals surface area contributed by atoms with Crippen LogP contribution in [0.15, 0.2) is 18.2 Å². The summed E-state index contributed by atoms with van der Waals surface area (Å²) in [5.74, 6) is 1.29. The van der Waals surface area contributed by atoms with Gasteiger partial charge in [-0.3, -0.25) is 4.79 Å². The van der Waals surface area contributed by atoms with Crippen LogP contribution in [0.2, 0.25) is 0 Å². The first-order valence-electron chi connectivity index (χ1n) is 9.20. The van der Waals surface area contributed by atoms with Gasteiger partial charge in [-0.15, -0.1) is 0 Å². The number of rotatable bonds is 4. The number of nitrogens with zero attached hydrogens (tertiary/aromatic N) is 3. The van der Waals surface area contributed by atoms with Gasteiger partial charge in [0, 0.05) is 25.7 Å². The number of likely N-dealkylation sites (tertiary alicyclic amines) is 1.